The van der Waals surface area contributed by atoms with E-state index >= 15 is 0 Å². The number of aliphatic hydroxyl groups is 1. The molecule has 0 aliphatic carbocycles. The van der Waals surface area contributed by atoms with Gasteiger partial charge in [-0.15, -0.1) is 0 Å². The van der Waals surface area contributed by atoms with Crippen molar-refractivity contribution in [2.75, 3.05) is 26.3 Å². The Morgan fingerprint density at radius 2 is 2.39 bits per heavy atom. The molecular formula is C13H17ClFNO2. The van der Waals surface area contributed by atoms with Gasteiger partial charge in [0.15, 0.2) is 0 Å². The fraction of sp³-hybridized carbons (Fsp3) is 0.538. The highest BCUT2D eigenvalue weighted by molar-refractivity contribution is 6.30. The van der Waals surface area contributed by atoms with E-state index in [4.69, 9.17) is 16.3 Å². The van der Waals surface area contributed by atoms with Gasteiger partial charge in [0.25, 0.3) is 0 Å². The Bertz CT molecular complexity index is 416. The third-order valence-electron chi connectivity index (χ3n) is 3.30. The van der Waals surface area contributed by atoms with Crippen LogP contribution < -0.4 is 0 Å². The maximum absolute atomic E-state index is 13.1. The molecule has 1 fully saturated rings. The Labute approximate surface area is 111 Å². The van der Waals surface area contributed by atoms with Crippen LogP contribution in [0.5, 0.6) is 0 Å². The van der Waals surface area contributed by atoms with E-state index in [2.05, 4.69) is 4.90 Å². The molecule has 5 heteroatoms. The molecule has 2 rings (SSSR count). The second kappa shape index (κ2) is 5.97. The lowest BCUT2D eigenvalue weighted by atomic mass is 10.1. The van der Waals surface area contributed by atoms with Crippen LogP contribution in [0.3, 0.4) is 0 Å². The first-order valence-electron chi connectivity index (χ1n) is 6.03. The molecule has 0 saturated carbocycles. The van der Waals surface area contributed by atoms with Gasteiger partial charge in [-0.25, -0.2) is 4.39 Å². The molecule has 1 aliphatic rings. The van der Waals surface area contributed by atoms with E-state index in [1.165, 1.54) is 6.07 Å². The van der Waals surface area contributed by atoms with Crippen LogP contribution in [-0.2, 0) is 4.74 Å². The van der Waals surface area contributed by atoms with Gasteiger partial charge in [-0.05, 0) is 24.6 Å². The van der Waals surface area contributed by atoms with E-state index in [1.54, 1.807) is 12.1 Å². The third kappa shape index (κ3) is 3.01. The van der Waals surface area contributed by atoms with Gasteiger partial charge in [-0.2, -0.15) is 0 Å². The molecule has 2 atom stereocenters. The number of hydrogen-bond acceptors (Lipinski definition) is 3. The molecule has 0 spiro atoms. The first kappa shape index (κ1) is 13.7. The molecule has 0 amide bonds. The summed E-state index contributed by atoms with van der Waals surface area (Å²) < 4.78 is 18.8. The van der Waals surface area contributed by atoms with Gasteiger partial charge in [0.05, 0.1) is 24.3 Å². The Morgan fingerprint density at radius 1 is 1.61 bits per heavy atom. The topological polar surface area (TPSA) is 32.7 Å². The summed E-state index contributed by atoms with van der Waals surface area (Å²) in [5.41, 5.74) is 0.872. The number of rotatable bonds is 3. The van der Waals surface area contributed by atoms with Crippen molar-refractivity contribution in [2.45, 2.75) is 19.1 Å². The summed E-state index contributed by atoms with van der Waals surface area (Å²) in [6, 6.07) is 4.76. The smallest absolute Gasteiger partial charge is 0.141 e. The van der Waals surface area contributed by atoms with Crippen molar-refractivity contribution in [3.05, 3.63) is 34.6 Å². The number of morpholine rings is 1. The van der Waals surface area contributed by atoms with Crippen molar-refractivity contribution in [1.29, 1.82) is 0 Å². The van der Waals surface area contributed by atoms with Gasteiger partial charge in [-0.3, -0.25) is 4.90 Å². The lowest BCUT2D eigenvalue weighted by Gasteiger charge is -2.36. The zero-order valence-corrected chi connectivity index (χ0v) is 11.0. The average molecular weight is 274 g/mol. The highest BCUT2D eigenvalue weighted by atomic mass is 35.5. The minimum atomic E-state index is -0.420. The van der Waals surface area contributed by atoms with Crippen molar-refractivity contribution in [3.8, 4) is 0 Å². The molecule has 3 nitrogen and oxygen atoms in total. The standard InChI is InChI=1S/C13H17ClFNO2/c1-9(8-17)16-4-5-18-13(7-16)10-2-3-12(15)11(14)6-10/h2-3,6,9,13,17H,4-5,7-8H2,1H3. The SMILES string of the molecule is CC(CO)N1CCOC(c2ccc(F)c(Cl)c2)C1. The Kier molecular flexibility index (Phi) is 4.56. The summed E-state index contributed by atoms with van der Waals surface area (Å²) in [5, 5.41) is 9.29. The van der Waals surface area contributed by atoms with Gasteiger partial charge in [0, 0.05) is 19.1 Å². The van der Waals surface area contributed by atoms with Crippen LogP contribution in [-0.4, -0.2) is 42.4 Å². The van der Waals surface area contributed by atoms with Gasteiger partial charge >= 0.3 is 0 Å². The number of ether oxygens (including phenoxy) is 1. The highest BCUT2D eigenvalue weighted by Crippen LogP contribution is 2.26. The van der Waals surface area contributed by atoms with Crippen LogP contribution in [0.2, 0.25) is 5.02 Å². The Morgan fingerprint density at radius 3 is 3.06 bits per heavy atom. The molecule has 18 heavy (non-hydrogen) atoms. The van der Waals surface area contributed by atoms with Gasteiger partial charge in [-0.1, -0.05) is 17.7 Å². The van der Waals surface area contributed by atoms with Crippen molar-refractivity contribution >= 4 is 11.6 Å². The van der Waals surface area contributed by atoms with Crippen molar-refractivity contribution in [2.24, 2.45) is 0 Å². The number of hydrogen-bond donors (Lipinski definition) is 1. The summed E-state index contributed by atoms with van der Waals surface area (Å²) in [7, 11) is 0. The van der Waals surface area contributed by atoms with E-state index in [1.807, 2.05) is 6.92 Å². The van der Waals surface area contributed by atoms with Gasteiger partial charge in [0.2, 0.25) is 0 Å². The zero-order chi connectivity index (χ0) is 13.1. The normalized spacial score (nSPS) is 23.0. The predicted octanol–water partition coefficient (Wildman–Crippen LogP) is 2.23. The van der Waals surface area contributed by atoms with Gasteiger partial charge < -0.3 is 9.84 Å². The molecule has 100 valence electrons. The van der Waals surface area contributed by atoms with Crippen LogP contribution in [0, 0.1) is 5.82 Å². The van der Waals surface area contributed by atoms with E-state index in [0.717, 1.165) is 12.1 Å². The fourth-order valence-corrected chi connectivity index (χ4v) is 2.29. The number of halogens is 2. The summed E-state index contributed by atoms with van der Waals surface area (Å²) in [6.07, 6.45) is -0.120. The molecule has 1 saturated heterocycles. The van der Waals surface area contributed by atoms with Gasteiger partial charge in [0.1, 0.15) is 5.82 Å². The van der Waals surface area contributed by atoms with E-state index < -0.39 is 5.82 Å². The van der Waals surface area contributed by atoms with Crippen LogP contribution >= 0.6 is 11.6 Å². The second-order valence-corrected chi connectivity index (χ2v) is 4.97. The predicted molar refractivity (Wildman–Crippen MR) is 68.2 cm³/mol. The summed E-state index contributed by atoms with van der Waals surface area (Å²) in [6.45, 7) is 4.18. The second-order valence-electron chi connectivity index (χ2n) is 4.56. The largest absolute Gasteiger partial charge is 0.395 e. The zero-order valence-electron chi connectivity index (χ0n) is 10.3. The Hall–Kier alpha value is -0.680. The fourth-order valence-electron chi connectivity index (χ4n) is 2.10. The maximum atomic E-state index is 13.1. The molecule has 1 aliphatic heterocycles. The van der Waals surface area contributed by atoms with Crippen molar-refractivity contribution < 1.29 is 14.2 Å². The van der Waals surface area contributed by atoms with Crippen molar-refractivity contribution in [1.82, 2.24) is 4.90 Å². The first-order chi connectivity index (χ1) is 8.61. The van der Waals surface area contributed by atoms with E-state index in [9.17, 15) is 9.50 Å². The lowest BCUT2D eigenvalue weighted by molar-refractivity contribution is -0.0492. The van der Waals surface area contributed by atoms with E-state index in [0.29, 0.717) is 13.2 Å². The quantitative estimate of drug-likeness (QED) is 0.917. The average Bonchev–Trinajstić information content (AvgIpc) is 2.41. The van der Waals surface area contributed by atoms with Crippen LogP contribution in [0.25, 0.3) is 0 Å². The van der Waals surface area contributed by atoms with Crippen LogP contribution in [0.15, 0.2) is 18.2 Å². The van der Waals surface area contributed by atoms with Crippen LogP contribution in [0.1, 0.15) is 18.6 Å². The van der Waals surface area contributed by atoms with E-state index in [-0.39, 0.29) is 23.8 Å². The minimum absolute atomic E-state index is 0.104. The highest BCUT2D eigenvalue weighted by Gasteiger charge is 2.25. The van der Waals surface area contributed by atoms with Crippen LogP contribution in [0.4, 0.5) is 4.39 Å². The summed E-state index contributed by atoms with van der Waals surface area (Å²) in [5.74, 6) is -0.420. The molecule has 0 bridgehead atoms. The third-order valence-corrected chi connectivity index (χ3v) is 3.59. The number of nitrogens with zero attached hydrogens (tertiary/aromatic N) is 1. The molecule has 1 heterocycles. The molecule has 1 aromatic carbocycles. The summed E-state index contributed by atoms with van der Waals surface area (Å²) in [4.78, 5) is 2.16. The number of aliphatic hydroxyl groups excluding tert-OH is 1. The molecular weight excluding hydrogens is 257 g/mol. The summed E-state index contributed by atoms with van der Waals surface area (Å²) >= 11 is 5.78. The monoisotopic (exact) mass is 273 g/mol. The minimum Gasteiger partial charge on any atom is -0.395 e. The Balaban J connectivity index is 2.10. The maximum Gasteiger partial charge on any atom is 0.141 e. The first-order valence-corrected chi connectivity index (χ1v) is 6.41. The molecule has 1 N–H and O–H groups in total. The molecule has 0 aromatic heterocycles. The lowest BCUT2D eigenvalue weighted by Crippen LogP contribution is -2.44. The molecule has 2 unspecified atom stereocenters. The number of benzene rings is 1. The van der Waals surface area contributed by atoms with Crippen molar-refractivity contribution in [3.63, 3.8) is 0 Å². The molecule has 1 aromatic rings. The molecule has 0 radical (unpaired) electrons.